The van der Waals surface area contributed by atoms with Crippen LogP contribution in [0.1, 0.15) is 29.2 Å². The molecule has 0 bridgehead atoms. The molecule has 0 aliphatic carbocycles. The highest BCUT2D eigenvalue weighted by molar-refractivity contribution is 7.09. The Morgan fingerprint density at radius 2 is 1.91 bits per heavy atom. The van der Waals surface area contributed by atoms with Crippen molar-refractivity contribution in [3.63, 3.8) is 0 Å². The molecular formula is C26H25N5O3S. The summed E-state index contributed by atoms with van der Waals surface area (Å²) in [6, 6.07) is 13.4. The molecule has 6 rings (SSSR count). The van der Waals surface area contributed by atoms with Gasteiger partial charge in [0.25, 0.3) is 5.56 Å². The van der Waals surface area contributed by atoms with Crippen molar-refractivity contribution in [1.82, 2.24) is 19.4 Å². The molecule has 0 spiro atoms. The number of para-hydroxylation sites is 1. The van der Waals surface area contributed by atoms with Crippen molar-refractivity contribution in [2.45, 2.75) is 25.9 Å². The Labute approximate surface area is 206 Å². The molecule has 2 aliphatic rings. The zero-order chi connectivity index (χ0) is 23.9. The van der Waals surface area contributed by atoms with Crippen molar-refractivity contribution in [2.75, 3.05) is 31.6 Å². The third kappa shape index (κ3) is 4.16. The molecule has 2 aromatic heterocycles. The fraction of sp³-hybridized carbons (Fsp3) is 0.308. The highest BCUT2D eigenvalue weighted by atomic mass is 32.1. The van der Waals surface area contributed by atoms with Gasteiger partial charge in [0.2, 0.25) is 5.91 Å². The number of amides is 1. The van der Waals surface area contributed by atoms with Gasteiger partial charge in [-0.1, -0.05) is 18.2 Å². The first-order valence-corrected chi connectivity index (χ1v) is 12.6. The zero-order valence-corrected chi connectivity index (χ0v) is 20.2. The smallest absolute Gasteiger partial charge is 0.261 e. The van der Waals surface area contributed by atoms with Gasteiger partial charge in [-0.15, -0.1) is 11.3 Å². The van der Waals surface area contributed by atoms with Gasteiger partial charge in [0.1, 0.15) is 10.8 Å². The van der Waals surface area contributed by atoms with Crippen LogP contribution in [-0.4, -0.2) is 51.6 Å². The van der Waals surface area contributed by atoms with Crippen LogP contribution in [0.4, 0.5) is 5.69 Å². The van der Waals surface area contributed by atoms with Crippen molar-refractivity contribution in [3.05, 3.63) is 74.6 Å². The second kappa shape index (κ2) is 8.99. The number of hydrogen-bond acceptors (Lipinski definition) is 7. The minimum atomic E-state index is -0.173. The van der Waals surface area contributed by atoms with Gasteiger partial charge in [-0.2, -0.15) is 0 Å². The summed E-state index contributed by atoms with van der Waals surface area (Å²) in [5, 5.41) is 6.37. The van der Waals surface area contributed by atoms with Gasteiger partial charge in [0.05, 0.1) is 48.8 Å². The van der Waals surface area contributed by atoms with E-state index in [9.17, 15) is 9.59 Å². The van der Waals surface area contributed by atoms with E-state index in [1.807, 2.05) is 54.8 Å². The molecule has 8 nitrogen and oxygen atoms in total. The molecule has 1 N–H and O–H groups in total. The van der Waals surface area contributed by atoms with Crippen molar-refractivity contribution in [1.29, 1.82) is 0 Å². The average Bonchev–Trinajstić information content (AvgIpc) is 3.46. The number of anilines is 1. The molecule has 35 heavy (non-hydrogen) atoms. The lowest BCUT2D eigenvalue weighted by molar-refractivity contribution is -0.116. The molecule has 0 radical (unpaired) electrons. The summed E-state index contributed by atoms with van der Waals surface area (Å²) in [6.45, 7) is 5.87. The highest BCUT2D eigenvalue weighted by Gasteiger charge is 2.27. The van der Waals surface area contributed by atoms with Crippen molar-refractivity contribution in [2.24, 2.45) is 0 Å². The fourth-order valence-corrected chi connectivity index (χ4v) is 5.48. The monoisotopic (exact) mass is 487 g/mol. The van der Waals surface area contributed by atoms with Crippen LogP contribution in [0.2, 0.25) is 0 Å². The summed E-state index contributed by atoms with van der Waals surface area (Å²) in [4.78, 5) is 37.5. The van der Waals surface area contributed by atoms with E-state index in [0.717, 1.165) is 46.4 Å². The number of fused-ring (bicyclic) bond motifs is 2. The summed E-state index contributed by atoms with van der Waals surface area (Å²) in [7, 11) is 0. The quantitative estimate of drug-likeness (QED) is 0.464. The number of nitrogens with one attached hydrogen (secondary N) is 1. The number of nitrogens with zero attached hydrogens (tertiary/aromatic N) is 4. The number of hydrogen-bond donors (Lipinski definition) is 1. The van der Waals surface area contributed by atoms with E-state index in [4.69, 9.17) is 14.7 Å². The first-order chi connectivity index (χ1) is 17.1. The van der Waals surface area contributed by atoms with Crippen molar-refractivity contribution in [3.8, 4) is 11.3 Å². The summed E-state index contributed by atoms with van der Waals surface area (Å²) in [6.07, 6.45) is 0. The zero-order valence-electron chi connectivity index (χ0n) is 19.4. The van der Waals surface area contributed by atoms with Gasteiger partial charge in [0, 0.05) is 29.7 Å². The molecule has 1 saturated heterocycles. The maximum absolute atomic E-state index is 13.5. The maximum Gasteiger partial charge on any atom is 0.261 e. The van der Waals surface area contributed by atoms with E-state index in [2.05, 4.69) is 10.2 Å². The van der Waals surface area contributed by atoms with E-state index in [0.29, 0.717) is 37.2 Å². The lowest BCUT2D eigenvalue weighted by Gasteiger charge is -2.27. The van der Waals surface area contributed by atoms with Crippen LogP contribution in [0, 0.1) is 0 Å². The van der Waals surface area contributed by atoms with Gasteiger partial charge in [-0.25, -0.2) is 9.97 Å². The third-order valence-corrected chi connectivity index (χ3v) is 7.55. The highest BCUT2D eigenvalue weighted by Crippen LogP contribution is 2.35. The first-order valence-electron chi connectivity index (χ1n) is 11.7. The first kappa shape index (κ1) is 22.1. The molecule has 1 atom stereocenters. The van der Waals surface area contributed by atoms with Crippen LogP contribution in [-0.2, 0) is 22.6 Å². The Bertz CT molecular complexity index is 1490. The number of rotatable bonds is 5. The van der Waals surface area contributed by atoms with Gasteiger partial charge < -0.3 is 10.1 Å². The molecule has 2 aliphatic heterocycles. The topological polar surface area (TPSA) is 89.4 Å². The Morgan fingerprint density at radius 1 is 1.09 bits per heavy atom. The van der Waals surface area contributed by atoms with E-state index < -0.39 is 0 Å². The minimum Gasteiger partial charge on any atom is -0.379 e. The van der Waals surface area contributed by atoms with Crippen LogP contribution in [0.15, 0.2) is 52.6 Å². The Balaban J connectivity index is 1.34. The van der Waals surface area contributed by atoms with Gasteiger partial charge in [-0.3, -0.25) is 19.1 Å². The van der Waals surface area contributed by atoms with Crippen LogP contribution in [0.5, 0.6) is 0 Å². The maximum atomic E-state index is 13.5. The van der Waals surface area contributed by atoms with E-state index in [1.165, 1.54) is 11.3 Å². The number of ether oxygens (including phenoxy) is 1. The van der Waals surface area contributed by atoms with E-state index >= 15 is 0 Å². The van der Waals surface area contributed by atoms with E-state index in [-0.39, 0.29) is 17.4 Å². The second-order valence-corrected chi connectivity index (χ2v) is 9.91. The Hall–Kier alpha value is -3.40. The van der Waals surface area contributed by atoms with Crippen LogP contribution >= 0.6 is 11.3 Å². The predicted molar refractivity (Wildman–Crippen MR) is 136 cm³/mol. The summed E-state index contributed by atoms with van der Waals surface area (Å²) >= 11 is 1.53. The molecule has 1 fully saturated rings. The molecule has 0 saturated carbocycles. The number of carbonyl (C=O) groups excluding carboxylic acids is 1. The van der Waals surface area contributed by atoms with Gasteiger partial charge in [0.15, 0.2) is 0 Å². The summed E-state index contributed by atoms with van der Waals surface area (Å²) < 4.78 is 7.24. The predicted octanol–water partition coefficient (Wildman–Crippen LogP) is 3.46. The number of aromatic nitrogens is 3. The number of thiazole rings is 1. The van der Waals surface area contributed by atoms with Crippen molar-refractivity contribution >= 4 is 33.8 Å². The number of benzene rings is 2. The number of carbonyl (C=O) groups is 1. The SMILES string of the molecule is C[C@@H]1C(=O)Nc2ccc(-c3csc(Cn4c(CN5CCOCC5)nc5ccccc5c4=O)n3)cc21. The minimum absolute atomic E-state index is 0.0205. The summed E-state index contributed by atoms with van der Waals surface area (Å²) in [5.41, 5.74) is 4.33. The Morgan fingerprint density at radius 3 is 2.77 bits per heavy atom. The number of morpholine rings is 1. The fourth-order valence-electron chi connectivity index (χ4n) is 4.68. The third-order valence-electron chi connectivity index (χ3n) is 6.72. The molecule has 1 amide bonds. The van der Waals surface area contributed by atoms with E-state index in [1.54, 1.807) is 4.57 Å². The summed E-state index contributed by atoms with van der Waals surface area (Å²) in [5.74, 6) is 0.587. The standard InChI is InChI=1S/C26H25N5O3S/c1-16-19-12-17(6-7-21(19)29-25(16)32)22-15-35-24(28-22)14-31-23(13-30-8-10-34-11-9-30)27-20-5-3-2-4-18(20)26(31)33/h2-7,12,15-16H,8-11,13-14H2,1H3,(H,29,32)/t16-/m0/s1. The van der Waals surface area contributed by atoms with Crippen molar-refractivity contribution < 1.29 is 9.53 Å². The van der Waals surface area contributed by atoms with Gasteiger partial charge >= 0.3 is 0 Å². The van der Waals surface area contributed by atoms with Crippen LogP contribution in [0.25, 0.3) is 22.2 Å². The molecule has 178 valence electrons. The molecule has 2 aromatic carbocycles. The average molecular weight is 488 g/mol. The van der Waals surface area contributed by atoms with Gasteiger partial charge in [-0.05, 0) is 36.8 Å². The molecule has 0 unspecified atom stereocenters. The van der Waals surface area contributed by atoms with Crippen LogP contribution < -0.4 is 10.9 Å². The second-order valence-electron chi connectivity index (χ2n) is 8.96. The lowest BCUT2D eigenvalue weighted by atomic mass is 10.00. The molecule has 9 heteroatoms. The Kier molecular flexibility index (Phi) is 5.68. The normalized spacial score (nSPS) is 18.1. The molecule has 4 heterocycles. The van der Waals surface area contributed by atoms with Crippen LogP contribution in [0.3, 0.4) is 0 Å². The largest absolute Gasteiger partial charge is 0.379 e. The molecule has 4 aromatic rings. The molecular weight excluding hydrogens is 462 g/mol. The lowest BCUT2D eigenvalue weighted by Crippen LogP contribution is -2.38.